The Kier molecular flexibility index (Phi) is 4.37. The standard InChI is InChI=1S/C18H24O4/c1-3-16(19)21-9-11-5-6-14-15-8-12(18(11)14)7-13(15)10-22-17(20)4-2/h3-4,11-15,18H,1-2,5-10H2/t11?,12-,13+,14+,15-,18-/m0/s1. The van der Waals surface area contributed by atoms with Crippen LogP contribution < -0.4 is 0 Å². The van der Waals surface area contributed by atoms with Gasteiger partial charge in [0.25, 0.3) is 0 Å². The van der Waals surface area contributed by atoms with Gasteiger partial charge < -0.3 is 9.47 Å². The van der Waals surface area contributed by atoms with Gasteiger partial charge in [0.15, 0.2) is 0 Å². The molecule has 3 rings (SSSR count). The Bertz CT molecular complexity index is 483. The molecule has 0 aromatic rings. The van der Waals surface area contributed by atoms with E-state index in [9.17, 15) is 9.59 Å². The highest BCUT2D eigenvalue weighted by Gasteiger charge is 2.57. The van der Waals surface area contributed by atoms with E-state index in [1.807, 2.05) is 0 Å². The van der Waals surface area contributed by atoms with Crippen molar-refractivity contribution in [3.63, 3.8) is 0 Å². The molecule has 0 saturated heterocycles. The zero-order valence-electron chi connectivity index (χ0n) is 12.9. The van der Waals surface area contributed by atoms with E-state index in [4.69, 9.17) is 9.47 Å². The average Bonchev–Trinajstić information content (AvgIpc) is 3.21. The van der Waals surface area contributed by atoms with Gasteiger partial charge in [-0.15, -0.1) is 0 Å². The van der Waals surface area contributed by atoms with Crippen LogP contribution in [-0.2, 0) is 19.1 Å². The lowest BCUT2D eigenvalue weighted by molar-refractivity contribution is -0.140. The maximum atomic E-state index is 11.3. The van der Waals surface area contributed by atoms with Crippen molar-refractivity contribution < 1.29 is 19.1 Å². The molecule has 0 N–H and O–H groups in total. The van der Waals surface area contributed by atoms with Crippen molar-refractivity contribution in [1.29, 1.82) is 0 Å². The molecular weight excluding hydrogens is 280 g/mol. The lowest BCUT2D eigenvalue weighted by Crippen LogP contribution is -2.31. The molecule has 3 saturated carbocycles. The molecule has 3 aliphatic rings. The molecule has 4 heteroatoms. The number of carbonyl (C=O) groups is 2. The Morgan fingerprint density at radius 1 is 0.909 bits per heavy atom. The fourth-order valence-electron chi connectivity index (χ4n) is 5.30. The molecular formula is C18H24O4. The largest absolute Gasteiger partial charge is 0.462 e. The van der Waals surface area contributed by atoms with Gasteiger partial charge in [0.1, 0.15) is 0 Å². The van der Waals surface area contributed by atoms with E-state index in [0.717, 1.165) is 18.8 Å². The van der Waals surface area contributed by atoms with Crippen molar-refractivity contribution >= 4 is 11.9 Å². The van der Waals surface area contributed by atoms with Crippen molar-refractivity contribution in [3.05, 3.63) is 25.3 Å². The van der Waals surface area contributed by atoms with Crippen LogP contribution in [0.5, 0.6) is 0 Å². The maximum Gasteiger partial charge on any atom is 0.330 e. The number of ether oxygens (including phenoxy) is 2. The van der Waals surface area contributed by atoms with Gasteiger partial charge in [-0.1, -0.05) is 13.2 Å². The number of esters is 2. The molecule has 0 spiro atoms. The Hall–Kier alpha value is -1.58. The minimum atomic E-state index is -0.319. The van der Waals surface area contributed by atoms with E-state index in [1.165, 1.54) is 25.0 Å². The van der Waals surface area contributed by atoms with Gasteiger partial charge in [0.05, 0.1) is 13.2 Å². The van der Waals surface area contributed by atoms with Crippen LogP contribution in [0.4, 0.5) is 0 Å². The fraction of sp³-hybridized carbons (Fsp3) is 0.667. The van der Waals surface area contributed by atoms with Gasteiger partial charge in [-0.2, -0.15) is 0 Å². The topological polar surface area (TPSA) is 52.6 Å². The van der Waals surface area contributed by atoms with Crippen LogP contribution in [0.1, 0.15) is 25.7 Å². The summed E-state index contributed by atoms with van der Waals surface area (Å²) in [7, 11) is 0. The van der Waals surface area contributed by atoms with Crippen molar-refractivity contribution in [1.82, 2.24) is 0 Å². The summed E-state index contributed by atoms with van der Waals surface area (Å²) in [5, 5.41) is 0. The van der Waals surface area contributed by atoms with E-state index in [-0.39, 0.29) is 11.9 Å². The number of hydrogen-bond acceptors (Lipinski definition) is 4. The summed E-state index contributed by atoms with van der Waals surface area (Å²) < 4.78 is 10.5. The first-order chi connectivity index (χ1) is 10.6. The predicted octanol–water partition coefficient (Wildman–Crippen LogP) is 2.74. The van der Waals surface area contributed by atoms with Crippen LogP contribution >= 0.6 is 0 Å². The summed E-state index contributed by atoms with van der Waals surface area (Å²) in [5.74, 6) is 3.16. The number of fused-ring (bicyclic) bond motifs is 5. The average molecular weight is 304 g/mol. The zero-order chi connectivity index (χ0) is 15.7. The van der Waals surface area contributed by atoms with Crippen LogP contribution in [0.25, 0.3) is 0 Å². The highest BCUT2D eigenvalue weighted by molar-refractivity contribution is 5.81. The summed E-state index contributed by atoms with van der Waals surface area (Å²) in [5.41, 5.74) is 0. The van der Waals surface area contributed by atoms with Gasteiger partial charge in [0.2, 0.25) is 0 Å². The minimum absolute atomic E-state index is 0.319. The van der Waals surface area contributed by atoms with Crippen molar-refractivity contribution in [2.75, 3.05) is 13.2 Å². The normalized spacial score (nSPS) is 38.4. The maximum absolute atomic E-state index is 11.3. The molecule has 0 aliphatic heterocycles. The van der Waals surface area contributed by atoms with Gasteiger partial charge in [0, 0.05) is 12.2 Å². The van der Waals surface area contributed by atoms with Crippen LogP contribution in [-0.4, -0.2) is 25.2 Å². The molecule has 2 bridgehead atoms. The van der Waals surface area contributed by atoms with E-state index in [0.29, 0.717) is 42.8 Å². The first kappa shape index (κ1) is 15.3. The van der Waals surface area contributed by atoms with Gasteiger partial charge in [-0.3, -0.25) is 0 Å². The summed E-state index contributed by atoms with van der Waals surface area (Å²) in [4.78, 5) is 22.5. The molecule has 0 aromatic heterocycles. The van der Waals surface area contributed by atoms with Crippen LogP contribution in [0.15, 0.2) is 25.3 Å². The molecule has 1 unspecified atom stereocenters. The quantitative estimate of drug-likeness (QED) is 0.559. The third-order valence-electron chi connectivity index (χ3n) is 6.00. The first-order valence-electron chi connectivity index (χ1n) is 8.22. The third-order valence-corrected chi connectivity index (χ3v) is 6.00. The summed E-state index contributed by atoms with van der Waals surface area (Å²) in [6, 6.07) is 0. The van der Waals surface area contributed by atoms with Crippen molar-refractivity contribution in [3.8, 4) is 0 Å². The lowest BCUT2D eigenvalue weighted by atomic mass is 9.73. The lowest BCUT2D eigenvalue weighted by Gasteiger charge is -2.33. The van der Waals surface area contributed by atoms with Gasteiger partial charge in [-0.05, 0) is 61.2 Å². The number of hydrogen-bond donors (Lipinski definition) is 0. The molecule has 3 aliphatic carbocycles. The third kappa shape index (κ3) is 2.71. The SMILES string of the molecule is C=CC(=O)OCC1CC[C@@H]2[C@H]3C[C@H](C[C@@H]3COC(=O)C=C)[C@H]12. The molecule has 0 heterocycles. The minimum Gasteiger partial charge on any atom is -0.462 e. The summed E-state index contributed by atoms with van der Waals surface area (Å²) in [6.45, 7) is 7.94. The predicted molar refractivity (Wildman–Crippen MR) is 81.7 cm³/mol. The van der Waals surface area contributed by atoms with Crippen molar-refractivity contribution in [2.45, 2.75) is 25.7 Å². The van der Waals surface area contributed by atoms with Crippen LogP contribution in [0.2, 0.25) is 0 Å². The van der Waals surface area contributed by atoms with Gasteiger partial charge in [-0.25, -0.2) is 9.59 Å². The Morgan fingerprint density at radius 2 is 1.55 bits per heavy atom. The molecule has 4 nitrogen and oxygen atoms in total. The monoisotopic (exact) mass is 304 g/mol. The van der Waals surface area contributed by atoms with Crippen molar-refractivity contribution in [2.24, 2.45) is 35.5 Å². The van der Waals surface area contributed by atoms with Crippen LogP contribution in [0.3, 0.4) is 0 Å². The Labute approximate surface area is 131 Å². The highest BCUT2D eigenvalue weighted by atomic mass is 16.5. The van der Waals surface area contributed by atoms with E-state index in [1.54, 1.807) is 0 Å². The van der Waals surface area contributed by atoms with E-state index in [2.05, 4.69) is 13.2 Å². The molecule has 0 aromatic carbocycles. The Balaban J connectivity index is 1.55. The van der Waals surface area contributed by atoms with Crippen LogP contribution in [0, 0.1) is 35.5 Å². The Morgan fingerprint density at radius 3 is 2.18 bits per heavy atom. The zero-order valence-corrected chi connectivity index (χ0v) is 12.9. The van der Waals surface area contributed by atoms with E-state index >= 15 is 0 Å². The molecule has 0 radical (unpaired) electrons. The summed E-state index contributed by atoms with van der Waals surface area (Å²) >= 11 is 0. The summed E-state index contributed by atoms with van der Waals surface area (Å²) in [6.07, 6.45) is 7.21. The molecule has 3 fully saturated rings. The first-order valence-corrected chi connectivity index (χ1v) is 8.22. The second-order valence-corrected chi connectivity index (χ2v) is 6.90. The molecule has 6 atom stereocenters. The smallest absolute Gasteiger partial charge is 0.330 e. The second-order valence-electron chi connectivity index (χ2n) is 6.90. The molecule has 22 heavy (non-hydrogen) atoms. The van der Waals surface area contributed by atoms with E-state index < -0.39 is 0 Å². The highest BCUT2D eigenvalue weighted by Crippen LogP contribution is 2.62. The number of carbonyl (C=O) groups excluding carboxylic acids is 2. The molecule has 0 amide bonds. The fourth-order valence-corrected chi connectivity index (χ4v) is 5.30. The number of rotatable bonds is 6. The molecule has 120 valence electrons. The van der Waals surface area contributed by atoms with Gasteiger partial charge >= 0.3 is 11.9 Å². The second kappa shape index (κ2) is 6.27.